The van der Waals surface area contributed by atoms with Crippen LogP contribution in [0, 0.1) is 0 Å². The number of ether oxygens (including phenoxy) is 1. The molecule has 0 aliphatic rings. The topological polar surface area (TPSA) is 68.5 Å². The molecule has 146 valence electrons. The summed E-state index contributed by atoms with van der Waals surface area (Å²) in [5.74, 6) is 0.657. The fourth-order valence-electron chi connectivity index (χ4n) is 2.73. The zero-order chi connectivity index (χ0) is 20.1. The van der Waals surface area contributed by atoms with Crippen molar-refractivity contribution in [1.29, 1.82) is 0 Å². The SMILES string of the molecule is C[C@H](Sc1nnc2ccccn12)C(=O)Nc1ccc(OCc2ccccc2)cc1. The molecule has 0 fully saturated rings. The van der Waals surface area contributed by atoms with Gasteiger partial charge in [-0.2, -0.15) is 0 Å². The molecule has 1 N–H and O–H groups in total. The molecule has 2 heterocycles. The Bertz CT molecular complexity index is 1100. The van der Waals surface area contributed by atoms with Crippen LogP contribution in [-0.2, 0) is 11.4 Å². The lowest BCUT2D eigenvalue weighted by Gasteiger charge is -2.12. The minimum Gasteiger partial charge on any atom is -0.489 e. The van der Waals surface area contributed by atoms with Gasteiger partial charge in [0.15, 0.2) is 10.8 Å². The van der Waals surface area contributed by atoms with Crippen LogP contribution in [0.4, 0.5) is 5.69 Å². The molecule has 0 radical (unpaired) electrons. The summed E-state index contributed by atoms with van der Waals surface area (Å²) in [4.78, 5) is 12.5. The van der Waals surface area contributed by atoms with Gasteiger partial charge in [-0.25, -0.2) is 0 Å². The number of hydrogen-bond acceptors (Lipinski definition) is 5. The highest BCUT2D eigenvalue weighted by molar-refractivity contribution is 8.00. The van der Waals surface area contributed by atoms with E-state index in [1.54, 1.807) is 0 Å². The number of rotatable bonds is 7. The molecule has 1 atom stereocenters. The van der Waals surface area contributed by atoms with Gasteiger partial charge in [-0.1, -0.05) is 48.2 Å². The molecule has 0 aliphatic heterocycles. The number of fused-ring (bicyclic) bond motifs is 1. The molecule has 4 aromatic rings. The van der Waals surface area contributed by atoms with E-state index >= 15 is 0 Å². The van der Waals surface area contributed by atoms with Crippen LogP contribution in [0.1, 0.15) is 12.5 Å². The first-order chi connectivity index (χ1) is 14.2. The maximum Gasteiger partial charge on any atom is 0.237 e. The number of nitrogens with one attached hydrogen (secondary N) is 1. The van der Waals surface area contributed by atoms with Gasteiger partial charge in [0.05, 0.1) is 5.25 Å². The van der Waals surface area contributed by atoms with E-state index < -0.39 is 0 Å². The Morgan fingerprint density at radius 1 is 1.03 bits per heavy atom. The fourth-order valence-corrected chi connectivity index (χ4v) is 3.57. The van der Waals surface area contributed by atoms with Crippen molar-refractivity contribution in [2.24, 2.45) is 0 Å². The van der Waals surface area contributed by atoms with Crippen molar-refractivity contribution in [3.63, 3.8) is 0 Å². The molecule has 6 nitrogen and oxygen atoms in total. The number of carbonyl (C=O) groups excluding carboxylic acids is 1. The molecule has 0 saturated heterocycles. The Morgan fingerprint density at radius 2 is 1.79 bits per heavy atom. The Labute approximate surface area is 172 Å². The van der Waals surface area contributed by atoms with Crippen LogP contribution in [0.15, 0.2) is 84.1 Å². The second kappa shape index (κ2) is 8.79. The summed E-state index contributed by atoms with van der Waals surface area (Å²) in [6.45, 7) is 2.36. The third-order valence-corrected chi connectivity index (χ3v) is 5.36. The summed E-state index contributed by atoms with van der Waals surface area (Å²) in [6, 6.07) is 23.1. The maximum atomic E-state index is 12.5. The van der Waals surface area contributed by atoms with Gasteiger partial charge < -0.3 is 10.1 Å². The van der Waals surface area contributed by atoms with Crippen molar-refractivity contribution in [3.05, 3.63) is 84.6 Å². The summed E-state index contributed by atoms with van der Waals surface area (Å²) < 4.78 is 7.64. The van der Waals surface area contributed by atoms with Crippen LogP contribution in [-0.4, -0.2) is 25.8 Å². The van der Waals surface area contributed by atoms with Crippen LogP contribution in [0.3, 0.4) is 0 Å². The Hall–Kier alpha value is -3.32. The molecule has 0 spiro atoms. The molecule has 0 bridgehead atoms. The van der Waals surface area contributed by atoms with Gasteiger partial charge in [0.1, 0.15) is 12.4 Å². The van der Waals surface area contributed by atoms with Gasteiger partial charge in [-0.15, -0.1) is 10.2 Å². The minimum absolute atomic E-state index is 0.0966. The van der Waals surface area contributed by atoms with Gasteiger partial charge in [0.2, 0.25) is 5.91 Å². The molecule has 0 saturated carbocycles. The van der Waals surface area contributed by atoms with Crippen molar-refractivity contribution in [2.45, 2.75) is 23.9 Å². The number of anilines is 1. The monoisotopic (exact) mass is 404 g/mol. The van der Waals surface area contributed by atoms with Crippen LogP contribution in [0.25, 0.3) is 5.65 Å². The first kappa shape index (κ1) is 19.0. The largest absolute Gasteiger partial charge is 0.489 e. The lowest BCUT2D eigenvalue weighted by Crippen LogP contribution is -2.22. The standard InChI is InChI=1S/C22H20N4O2S/c1-16(29-22-25-24-20-9-5-6-14-26(20)22)21(27)23-18-10-12-19(13-11-18)28-15-17-7-3-2-4-8-17/h2-14,16H,15H2,1H3,(H,23,27)/t16-/m0/s1. The van der Waals surface area contributed by atoms with Gasteiger partial charge in [0.25, 0.3) is 0 Å². The number of thioether (sulfide) groups is 1. The number of pyridine rings is 1. The normalized spacial score (nSPS) is 11.9. The molecule has 1 amide bonds. The number of carbonyl (C=O) groups is 1. The van der Waals surface area contributed by atoms with E-state index in [4.69, 9.17) is 4.74 Å². The summed E-state index contributed by atoms with van der Waals surface area (Å²) in [5, 5.41) is 11.6. The summed E-state index contributed by atoms with van der Waals surface area (Å²) >= 11 is 1.37. The molecule has 0 unspecified atom stereocenters. The number of hydrogen-bond donors (Lipinski definition) is 1. The molecule has 4 rings (SSSR count). The molecule has 29 heavy (non-hydrogen) atoms. The first-order valence-electron chi connectivity index (χ1n) is 9.23. The fraction of sp³-hybridized carbons (Fsp3) is 0.136. The van der Waals surface area contributed by atoms with Crippen molar-refractivity contribution in [2.75, 3.05) is 5.32 Å². The molecule has 2 aromatic heterocycles. The number of aromatic nitrogens is 3. The quantitative estimate of drug-likeness (QED) is 0.462. The summed E-state index contributed by atoms with van der Waals surface area (Å²) in [6.07, 6.45) is 1.89. The van der Waals surface area contributed by atoms with E-state index in [0.29, 0.717) is 11.8 Å². The number of nitrogens with zero attached hydrogens (tertiary/aromatic N) is 3. The van der Waals surface area contributed by atoms with Crippen molar-refractivity contribution in [3.8, 4) is 5.75 Å². The van der Waals surface area contributed by atoms with E-state index in [2.05, 4.69) is 15.5 Å². The second-order valence-electron chi connectivity index (χ2n) is 6.46. The van der Waals surface area contributed by atoms with E-state index in [0.717, 1.165) is 22.6 Å². The van der Waals surface area contributed by atoms with Crippen LogP contribution >= 0.6 is 11.8 Å². The van der Waals surface area contributed by atoms with Crippen molar-refractivity contribution < 1.29 is 9.53 Å². The van der Waals surface area contributed by atoms with Crippen LogP contribution in [0.2, 0.25) is 0 Å². The summed E-state index contributed by atoms with van der Waals surface area (Å²) in [5.41, 5.74) is 2.59. The van der Waals surface area contributed by atoms with E-state index in [1.807, 2.05) is 90.3 Å². The average Bonchev–Trinajstić information content (AvgIpc) is 3.17. The molecule has 0 aliphatic carbocycles. The van der Waals surface area contributed by atoms with Gasteiger partial charge in [0, 0.05) is 11.9 Å². The van der Waals surface area contributed by atoms with Gasteiger partial charge >= 0.3 is 0 Å². The van der Waals surface area contributed by atoms with Crippen LogP contribution < -0.4 is 10.1 Å². The predicted octanol–water partition coefficient (Wildman–Crippen LogP) is 4.43. The zero-order valence-corrected chi connectivity index (χ0v) is 16.7. The first-order valence-corrected chi connectivity index (χ1v) is 10.1. The number of benzene rings is 2. The predicted molar refractivity (Wildman–Crippen MR) is 114 cm³/mol. The lowest BCUT2D eigenvalue weighted by atomic mass is 10.2. The van der Waals surface area contributed by atoms with Crippen molar-refractivity contribution >= 4 is 29.0 Å². The number of amides is 1. The third-order valence-electron chi connectivity index (χ3n) is 4.30. The smallest absolute Gasteiger partial charge is 0.237 e. The maximum absolute atomic E-state index is 12.5. The Kier molecular flexibility index (Phi) is 5.76. The lowest BCUT2D eigenvalue weighted by molar-refractivity contribution is -0.115. The third kappa shape index (κ3) is 4.75. The zero-order valence-electron chi connectivity index (χ0n) is 15.9. The highest BCUT2D eigenvalue weighted by atomic mass is 32.2. The van der Waals surface area contributed by atoms with Gasteiger partial charge in [-0.3, -0.25) is 9.20 Å². The molecular weight excluding hydrogens is 384 g/mol. The van der Waals surface area contributed by atoms with E-state index in [1.165, 1.54) is 11.8 Å². The average molecular weight is 404 g/mol. The Morgan fingerprint density at radius 3 is 2.59 bits per heavy atom. The van der Waals surface area contributed by atoms with Gasteiger partial charge in [-0.05, 0) is 48.9 Å². The highest BCUT2D eigenvalue weighted by Crippen LogP contribution is 2.24. The molecule has 7 heteroatoms. The summed E-state index contributed by atoms with van der Waals surface area (Å²) in [7, 11) is 0. The van der Waals surface area contributed by atoms with Crippen LogP contribution in [0.5, 0.6) is 5.75 Å². The van der Waals surface area contributed by atoms with Crippen molar-refractivity contribution in [1.82, 2.24) is 14.6 Å². The van der Waals surface area contributed by atoms with E-state index in [-0.39, 0.29) is 11.2 Å². The minimum atomic E-state index is -0.323. The molecular formula is C22H20N4O2S. The second-order valence-corrected chi connectivity index (χ2v) is 7.77. The van der Waals surface area contributed by atoms with E-state index in [9.17, 15) is 4.79 Å². The highest BCUT2D eigenvalue weighted by Gasteiger charge is 2.18. The molecule has 2 aromatic carbocycles. The Balaban J connectivity index is 1.33.